The van der Waals surface area contributed by atoms with E-state index in [0.29, 0.717) is 45.0 Å². The van der Waals surface area contributed by atoms with Crippen LogP contribution in [-0.4, -0.2) is 27.0 Å². The summed E-state index contributed by atoms with van der Waals surface area (Å²) in [5.74, 6) is 0.925. The number of hydrogen-bond acceptors (Lipinski definition) is 5. The van der Waals surface area contributed by atoms with E-state index in [1.54, 1.807) is 17.8 Å². The maximum Gasteiger partial charge on any atom is 0.295 e. The molecule has 1 N–H and O–H groups in total. The van der Waals surface area contributed by atoms with E-state index in [2.05, 4.69) is 5.32 Å². The van der Waals surface area contributed by atoms with E-state index in [4.69, 9.17) is 14.5 Å². The van der Waals surface area contributed by atoms with Gasteiger partial charge in [-0.15, -0.1) is 0 Å². The zero-order chi connectivity index (χ0) is 25.7. The van der Waals surface area contributed by atoms with Crippen molar-refractivity contribution in [1.82, 2.24) is 14.3 Å². The molecule has 0 radical (unpaired) electrons. The number of rotatable bonds is 4. The van der Waals surface area contributed by atoms with Gasteiger partial charge in [-0.1, -0.05) is 29.8 Å². The summed E-state index contributed by atoms with van der Waals surface area (Å²) in [5, 5.41) is 3.60. The van der Waals surface area contributed by atoms with Crippen molar-refractivity contribution in [3.63, 3.8) is 0 Å². The van der Waals surface area contributed by atoms with Crippen molar-refractivity contribution in [2.45, 2.75) is 13.8 Å². The van der Waals surface area contributed by atoms with Crippen LogP contribution in [0.5, 0.6) is 11.5 Å². The number of nitrogens with zero attached hydrogens (tertiary/aromatic N) is 3. The topological polar surface area (TPSA) is 87.4 Å². The number of carbonyl (C=O) groups excluding carboxylic acids is 1. The van der Waals surface area contributed by atoms with Gasteiger partial charge in [-0.2, -0.15) is 0 Å². The van der Waals surface area contributed by atoms with Crippen LogP contribution < -0.4 is 20.3 Å². The summed E-state index contributed by atoms with van der Waals surface area (Å²) >= 11 is 0. The van der Waals surface area contributed by atoms with Crippen LogP contribution in [0.1, 0.15) is 21.6 Å². The second kappa shape index (κ2) is 8.67. The van der Waals surface area contributed by atoms with Crippen LogP contribution in [0, 0.1) is 13.8 Å². The average Bonchev–Trinajstić information content (AvgIpc) is 3.46. The number of aromatic nitrogens is 3. The lowest BCUT2D eigenvalue weighted by atomic mass is 10.0. The second-order valence-corrected chi connectivity index (χ2v) is 9.03. The van der Waals surface area contributed by atoms with Crippen molar-refractivity contribution >= 4 is 22.5 Å². The highest BCUT2D eigenvalue weighted by atomic mass is 16.7. The molecule has 3 aromatic carbocycles. The van der Waals surface area contributed by atoms with Gasteiger partial charge in [0, 0.05) is 18.0 Å². The van der Waals surface area contributed by atoms with Crippen LogP contribution in [0.2, 0.25) is 0 Å². The molecule has 37 heavy (non-hydrogen) atoms. The number of hydrogen-bond donors (Lipinski definition) is 1. The van der Waals surface area contributed by atoms with E-state index in [0.717, 1.165) is 11.1 Å². The number of fused-ring (bicyclic) bond motifs is 2. The fraction of sp³-hybridized carbons (Fsp3) is 0.138. The Labute approximate surface area is 212 Å². The SMILES string of the molecule is Cc1ccc2nc(-c3ccc4c(c3)OCO4)cc(C(=O)Nc3c(C)n(C)n(-c4ccccc4)c3=O)c2c1. The summed E-state index contributed by atoms with van der Waals surface area (Å²) in [6.07, 6.45) is 0. The van der Waals surface area contributed by atoms with Crippen molar-refractivity contribution in [1.29, 1.82) is 0 Å². The molecule has 1 aliphatic rings. The van der Waals surface area contributed by atoms with Gasteiger partial charge in [-0.05, 0) is 62.4 Å². The molecular formula is C29H24N4O4. The molecule has 0 aliphatic carbocycles. The molecule has 0 unspecified atom stereocenters. The predicted molar refractivity (Wildman–Crippen MR) is 142 cm³/mol. The number of nitrogens with one attached hydrogen (secondary N) is 1. The normalized spacial score (nSPS) is 12.2. The molecule has 184 valence electrons. The van der Waals surface area contributed by atoms with Gasteiger partial charge in [0.15, 0.2) is 11.5 Å². The highest BCUT2D eigenvalue weighted by Crippen LogP contribution is 2.36. The zero-order valence-electron chi connectivity index (χ0n) is 20.6. The number of anilines is 1. The molecule has 0 saturated heterocycles. The van der Waals surface area contributed by atoms with Gasteiger partial charge in [-0.25, -0.2) is 9.67 Å². The van der Waals surface area contributed by atoms with Crippen molar-refractivity contribution in [3.05, 3.63) is 100.0 Å². The van der Waals surface area contributed by atoms with E-state index in [1.165, 1.54) is 4.68 Å². The Bertz CT molecular complexity index is 1750. The second-order valence-electron chi connectivity index (χ2n) is 9.03. The fourth-order valence-corrected chi connectivity index (χ4v) is 4.62. The number of benzene rings is 3. The Morgan fingerprint density at radius 1 is 0.946 bits per heavy atom. The standard InChI is InChI=1S/C29H24N4O4/c1-17-9-11-23-21(13-17)22(15-24(30-23)19-10-12-25-26(14-19)37-16-36-25)28(34)31-27-18(2)32(3)33(29(27)35)20-7-5-4-6-8-20/h4-15H,16H2,1-3H3,(H,31,34). The lowest BCUT2D eigenvalue weighted by Gasteiger charge is -2.11. The van der Waals surface area contributed by atoms with Crippen molar-refractivity contribution in [3.8, 4) is 28.4 Å². The van der Waals surface area contributed by atoms with Crippen molar-refractivity contribution in [2.75, 3.05) is 12.1 Å². The predicted octanol–water partition coefficient (Wildman–Crippen LogP) is 4.99. The molecule has 8 nitrogen and oxygen atoms in total. The maximum absolute atomic E-state index is 13.7. The first kappa shape index (κ1) is 22.6. The van der Waals surface area contributed by atoms with Crippen molar-refractivity contribution < 1.29 is 14.3 Å². The lowest BCUT2D eigenvalue weighted by Crippen LogP contribution is -2.23. The highest BCUT2D eigenvalue weighted by Gasteiger charge is 2.22. The molecule has 8 heteroatoms. The number of ether oxygens (including phenoxy) is 2. The average molecular weight is 493 g/mol. The summed E-state index contributed by atoms with van der Waals surface area (Å²) in [6, 6.07) is 22.4. The molecular weight excluding hydrogens is 468 g/mol. The molecule has 2 aromatic heterocycles. The first-order chi connectivity index (χ1) is 17.9. The Kier molecular flexibility index (Phi) is 5.30. The number of carbonyl (C=O) groups is 1. The Morgan fingerprint density at radius 3 is 2.54 bits per heavy atom. The number of pyridine rings is 1. The molecule has 6 rings (SSSR count). The third kappa shape index (κ3) is 3.83. The smallest absolute Gasteiger partial charge is 0.295 e. The molecule has 3 heterocycles. The first-order valence-electron chi connectivity index (χ1n) is 11.9. The van der Waals surface area contributed by atoms with Gasteiger partial charge in [0.05, 0.1) is 28.2 Å². The highest BCUT2D eigenvalue weighted by molar-refractivity contribution is 6.13. The number of para-hydroxylation sites is 1. The molecule has 0 atom stereocenters. The summed E-state index contributed by atoms with van der Waals surface area (Å²) < 4.78 is 14.2. The lowest BCUT2D eigenvalue weighted by molar-refractivity contribution is 0.102. The first-order valence-corrected chi connectivity index (χ1v) is 11.9. The molecule has 5 aromatic rings. The minimum absolute atomic E-state index is 0.174. The molecule has 0 bridgehead atoms. The molecule has 0 saturated carbocycles. The summed E-state index contributed by atoms with van der Waals surface area (Å²) in [6.45, 7) is 3.95. The third-order valence-corrected chi connectivity index (χ3v) is 6.67. The summed E-state index contributed by atoms with van der Waals surface area (Å²) in [4.78, 5) is 31.9. The van der Waals surface area contributed by atoms with Crippen LogP contribution in [0.3, 0.4) is 0 Å². The molecule has 0 fully saturated rings. The Balaban J connectivity index is 1.45. The monoisotopic (exact) mass is 492 g/mol. The Morgan fingerprint density at radius 2 is 1.73 bits per heavy atom. The number of aryl methyl sites for hydroxylation is 1. The van der Waals surface area contributed by atoms with E-state index in [9.17, 15) is 9.59 Å². The van der Waals surface area contributed by atoms with Gasteiger partial charge in [0.25, 0.3) is 11.5 Å². The van der Waals surface area contributed by atoms with Crippen LogP contribution in [0.15, 0.2) is 77.6 Å². The Hall–Kier alpha value is -4.85. The molecule has 1 aliphatic heterocycles. The van der Waals surface area contributed by atoms with E-state index in [1.807, 2.05) is 80.6 Å². The minimum Gasteiger partial charge on any atom is -0.454 e. The van der Waals surface area contributed by atoms with Crippen molar-refractivity contribution in [2.24, 2.45) is 7.05 Å². The maximum atomic E-state index is 13.7. The van der Waals surface area contributed by atoms with Gasteiger partial charge < -0.3 is 14.8 Å². The van der Waals surface area contributed by atoms with Gasteiger partial charge in [0.1, 0.15) is 5.69 Å². The van der Waals surface area contributed by atoms with E-state index < -0.39 is 0 Å². The van der Waals surface area contributed by atoms with E-state index in [-0.39, 0.29) is 23.9 Å². The quantitative estimate of drug-likeness (QED) is 0.382. The molecule has 0 spiro atoms. The van der Waals surface area contributed by atoms with Crippen LogP contribution in [0.4, 0.5) is 5.69 Å². The fourth-order valence-electron chi connectivity index (χ4n) is 4.62. The van der Waals surface area contributed by atoms with E-state index >= 15 is 0 Å². The molecule has 1 amide bonds. The third-order valence-electron chi connectivity index (χ3n) is 6.67. The van der Waals surface area contributed by atoms with Gasteiger partial charge in [0.2, 0.25) is 6.79 Å². The number of amides is 1. The summed E-state index contributed by atoms with van der Waals surface area (Å²) in [5.41, 5.74) is 4.81. The van der Waals surface area contributed by atoms with Crippen LogP contribution in [-0.2, 0) is 7.05 Å². The van der Waals surface area contributed by atoms with Crippen LogP contribution in [0.25, 0.3) is 27.8 Å². The minimum atomic E-state index is -0.383. The zero-order valence-corrected chi connectivity index (χ0v) is 20.6. The van der Waals surface area contributed by atoms with Gasteiger partial charge in [-0.3, -0.25) is 14.3 Å². The van der Waals surface area contributed by atoms with Crippen LogP contribution >= 0.6 is 0 Å². The summed E-state index contributed by atoms with van der Waals surface area (Å²) in [7, 11) is 1.79. The van der Waals surface area contributed by atoms with Gasteiger partial charge >= 0.3 is 0 Å². The largest absolute Gasteiger partial charge is 0.454 e.